The summed E-state index contributed by atoms with van der Waals surface area (Å²) in [6.07, 6.45) is 3.89. The van der Waals surface area contributed by atoms with Gasteiger partial charge < -0.3 is 14.6 Å². The molecule has 0 spiro atoms. The van der Waals surface area contributed by atoms with Crippen LogP contribution >= 0.6 is 0 Å². The average Bonchev–Trinajstić information content (AvgIpc) is 3.20. The molecule has 152 valence electrons. The third kappa shape index (κ3) is 3.20. The van der Waals surface area contributed by atoms with Crippen LogP contribution in [0.4, 0.5) is 5.69 Å². The minimum absolute atomic E-state index is 0.00303. The zero-order chi connectivity index (χ0) is 20.6. The van der Waals surface area contributed by atoms with Crippen LogP contribution in [-0.4, -0.2) is 22.3 Å². The summed E-state index contributed by atoms with van der Waals surface area (Å²) in [4.78, 5) is 2.35. The van der Waals surface area contributed by atoms with Gasteiger partial charge in [-0.05, 0) is 55.2 Å². The van der Waals surface area contributed by atoms with Gasteiger partial charge in [0.25, 0.3) is 0 Å². The van der Waals surface area contributed by atoms with Crippen LogP contribution in [-0.2, 0) is 12.1 Å². The number of aromatic nitrogens is 1. The van der Waals surface area contributed by atoms with Gasteiger partial charge in [-0.25, -0.2) is 0 Å². The minimum Gasteiger partial charge on any atom is -0.383 e. The molecule has 2 atom stereocenters. The van der Waals surface area contributed by atoms with Gasteiger partial charge >= 0.3 is 0 Å². The first-order valence-electron chi connectivity index (χ1n) is 10.8. The predicted molar refractivity (Wildman–Crippen MR) is 124 cm³/mol. The molecule has 1 aliphatic heterocycles. The zero-order valence-corrected chi connectivity index (χ0v) is 17.4. The van der Waals surface area contributed by atoms with Crippen molar-refractivity contribution in [2.75, 3.05) is 11.4 Å². The number of fused-ring (bicyclic) bond motifs is 1. The zero-order valence-electron chi connectivity index (χ0n) is 17.4. The van der Waals surface area contributed by atoms with E-state index < -0.39 is 5.60 Å². The molecule has 3 heteroatoms. The van der Waals surface area contributed by atoms with Crippen molar-refractivity contribution in [3.63, 3.8) is 0 Å². The Bertz CT molecular complexity index is 1140. The monoisotopic (exact) mass is 396 g/mol. The highest BCUT2D eigenvalue weighted by molar-refractivity contribution is 5.85. The van der Waals surface area contributed by atoms with E-state index in [4.69, 9.17) is 0 Å². The van der Waals surface area contributed by atoms with E-state index in [-0.39, 0.29) is 6.04 Å². The van der Waals surface area contributed by atoms with Crippen molar-refractivity contribution in [3.05, 3.63) is 102 Å². The second-order valence-electron chi connectivity index (χ2n) is 8.40. The van der Waals surface area contributed by atoms with E-state index in [1.54, 1.807) is 0 Å². The molecule has 3 aromatic carbocycles. The number of nitrogens with zero attached hydrogens (tertiary/aromatic N) is 2. The number of hydrogen-bond donors (Lipinski definition) is 1. The van der Waals surface area contributed by atoms with Crippen LogP contribution in [0.3, 0.4) is 0 Å². The molecule has 0 amide bonds. The summed E-state index contributed by atoms with van der Waals surface area (Å²) in [5, 5.41) is 13.1. The van der Waals surface area contributed by atoms with Crippen molar-refractivity contribution in [2.45, 2.75) is 38.0 Å². The van der Waals surface area contributed by atoms with Crippen LogP contribution in [0.1, 0.15) is 30.9 Å². The van der Waals surface area contributed by atoms with Crippen LogP contribution in [0.25, 0.3) is 10.9 Å². The van der Waals surface area contributed by atoms with Gasteiger partial charge in [0.1, 0.15) is 5.60 Å². The summed E-state index contributed by atoms with van der Waals surface area (Å²) in [7, 11) is 0. The largest absolute Gasteiger partial charge is 0.383 e. The Morgan fingerprint density at radius 1 is 0.900 bits per heavy atom. The quantitative estimate of drug-likeness (QED) is 0.489. The number of hydrogen-bond acceptors (Lipinski definition) is 2. The lowest BCUT2D eigenvalue weighted by molar-refractivity contribution is -0.00888. The molecule has 30 heavy (non-hydrogen) atoms. The lowest BCUT2D eigenvalue weighted by Crippen LogP contribution is -2.53. The van der Waals surface area contributed by atoms with E-state index >= 15 is 0 Å². The molecule has 2 unspecified atom stereocenters. The van der Waals surface area contributed by atoms with E-state index in [1.165, 1.54) is 16.8 Å². The van der Waals surface area contributed by atoms with Crippen LogP contribution in [0, 0.1) is 0 Å². The van der Waals surface area contributed by atoms with Gasteiger partial charge in [-0.1, -0.05) is 60.7 Å². The third-order valence-corrected chi connectivity index (χ3v) is 6.68. The second-order valence-corrected chi connectivity index (χ2v) is 8.40. The summed E-state index contributed by atoms with van der Waals surface area (Å²) >= 11 is 0. The molecule has 0 aliphatic carbocycles. The molecule has 1 aromatic heterocycles. The number of anilines is 1. The van der Waals surface area contributed by atoms with E-state index in [0.717, 1.165) is 36.9 Å². The summed E-state index contributed by atoms with van der Waals surface area (Å²) in [6, 6.07) is 29.5. The fraction of sp³-hybridized carbons (Fsp3) is 0.259. The fourth-order valence-corrected chi connectivity index (χ4v) is 5.03. The maximum atomic E-state index is 12.0. The standard InChI is InChI=1S/C27H28N2O/c1-21-27(30,17-9-18-29(21)23-12-6-3-7-13-23)25-14-8-15-26-24(25)16-19-28(26)20-22-10-4-2-5-11-22/h2-8,10-16,19,21,30H,9,17-18,20H2,1H3. The molecule has 4 aromatic rings. The van der Waals surface area contributed by atoms with Crippen LogP contribution in [0.5, 0.6) is 0 Å². The molecular weight excluding hydrogens is 368 g/mol. The van der Waals surface area contributed by atoms with Crippen molar-refractivity contribution < 1.29 is 5.11 Å². The number of benzene rings is 3. The molecule has 5 rings (SSSR count). The first kappa shape index (κ1) is 19.0. The van der Waals surface area contributed by atoms with E-state index in [2.05, 4.69) is 95.4 Å². The van der Waals surface area contributed by atoms with E-state index in [0.29, 0.717) is 0 Å². The summed E-state index contributed by atoms with van der Waals surface area (Å²) in [5.74, 6) is 0. The van der Waals surface area contributed by atoms with Crippen LogP contribution in [0.15, 0.2) is 91.1 Å². The Morgan fingerprint density at radius 2 is 1.63 bits per heavy atom. The van der Waals surface area contributed by atoms with Crippen molar-refractivity contribution in [1.29, 1.82) is 0 Å². The Kier molecular flexibility index (Phi) is 4.84. The maximum Gasteiger partial charge on any atom is 0.110 e. The number of rotatable bonds is 4. The second kappa shape index (κ2) is 7.66. The van der Waals surface area contributed by atoms with E-state index in [9.17, 15) is 5.11 Å². The lowest BCUT2D eigenvalue weighted by atomic mass is 9.78. The van der Waals surface area contributed by atoms with Crippen molar-refractivity contribution in [3.8, 4) is 0 Å². The molecule has 1 N–H and O–H groups in total. The fourth-order valence-electron chi connectivity index (χ4n) is 5.03. The summed E-state index contributed by atoms with van der Waals surface area (Å²) in [6.45, 7) is 3.96. The number of aliphatic hydroxyl groups is 1. The van der Waals surface area contributed by atoms with Crippen LogP contribution < -0.4 is 4.90 Å². The molecule has 1 saturated heterocycles. The highest BCUT2D eigenvalue weighted by Crippen LogP contribution is 2.41. The van der Waals surface area contributed by atoms with Gasteiger partial charge in [-0.2, -0.15) is 0 Å². The van der Waals surface area contributed by atoms with E-state index in [1.807, 2.05) is 12.1 Å². The van der Waals surface area contributed by atoms with Crippen molar-refractivity contribution in [1.82, 2.24) is 4.57 Å². The highest BCUT2D eigenvalue weighted by atomic mass is 16.3. The first-order valence-corrected chi connectivity index (χ1v) is 10.8. The van der Waals surface area contributed by atoms with Gasteiger partial charge in [0, 0.05) is 35.9 Å². The predicted octanol–water partition coefficient (Wildman–Crippen LogP) is 5.57. The Labute approximate surface area is 178 Å². The highest BCUT2D eigenvalue weighted by Gasteiger charge is 2.43. The Morgan fingerprint density at radius 3 is 2.40 bits per heavy atom. The van der Waals surface area contributed by atoms with Crippen molar-refractivity contribution >= 4 is 16.6 Å². The first-order chi connectivity index (χ1) is 14.7. The molecule has 1 fully saturated rings. The van der Waals surface area contributed by atoms with Gasteiger partial charge in [-0.3, -0.25) is 0 Å². The summed E-state index contributed by atoms with van der Waals surface area (Å²) in [5.41, 5.74) is 3.79. The number of piperidine rings is 1. The van der Waals surface area contributed by atoms with Gasteiger partial charge in [0.2, 0.25) is 0 Å². The molecular formula is C27H28N2O. The topological polar surface area (TPSA) is 28.4 Å². The molecule has 2 heterocycles. The molecule has 3 nitrogen and oxygen atoms in total. The smallest absolute Gasteiger partial charge is 0.110 e. The molecule has 1 aliphatic rings. The van der Waals surface area contributed by atoms with Gasteiger partial charge in [0.15, 0.2) is 0 Å². The molecule has 0 radical (unpaired) electrons. The molecule has 0 saturated carbocycles. The molecule has 0 bridgehead atoms. The maximum absolute atomic E-state index is 12.0. The number of para-hydroxylation sites is 1. The lowest BCUT2D eigenvalue weighted by Gasteiger charge is -2.47. The average molecular weight is 397 g/mol. The van der Waals surface area contributed by atoms with Crippen molar-refractivity contribution in [2.24, 2.45) is 0 Å². The third-order valence-electron chi connectivity index (χ3n) is 6.68. The SMILES string of the molecule is CC1N(c2ccccc2)CCCC1(O)c1cccc2c1ccn2Cc1ccccc1. The van der Waals surface area contributed by atoms with Gasteiger partial charge in [-0.15, -0.1) is 0 Å². The van der Waals surface area contributed by atoms with Crippen LogP contribution in [0.2, 0.25) is 0 Å². The Balaban J connectivity index is 1.53. The van der Waals surface area contributed by atoms with Gasteiger partial charge in [0.05, 0.1) is 6.04 Å². The normalized spacial score (nSPS) is 21.8. The minimum atomic E-state index is -0.882. The summed E-state index contributed by atoms with van der Waals surface area (Å²) < 4.78 is 2.28. The Hall–Kier alpha value is -3.04.